The molecular formula is C21H16F3N3O6S. The normalized spacial score (nSPS) is 11.1. The fraction of sp³-hybridized carbons (Fsp3) is 0.190. The second kappa shape index (κ2) is 9.87. The van der Waals surface area contributed by atoms with Gasteiger partial charge in [0.15, 0.2) is 10.9 Å². The highest BCUT2D eigenvalue weighted by molar-refractivity contribution is 7.14. The Morgan fingerprint density at radius 3 is 2.56 bits per heavy atom. The van der Waals surface area contributed by atoms with Crippen LogP contribution in [0.5, 0.6) is 5.75 Å². The molecule has 0 unspecified atom stereocenters. The number of nitro groups is 1. The molecule has 178 valence electrons. The number of nitro benzene ring substituents is 1. The summed E-state index contributed by atoms with van der Waals surface area (Å²) in [5.74, 6) is -1.45. The Balaban J connectivity index is 1.77. The van der Waals surface area contributed by atoms with E-state index in [1.54, 1.807) is 0 Å². The molecule has 1 amide bonds. The third kappa shape index (κ3) is 5.49. The molecule has 0 N–H and O–H groups in total. The summed E-state index contributed by atoms with van der Waals surface area (Å²) in [4.78, 5) is 40.1. The number of hydrogen-bond donors (Lipinski definition) is 0. The van der Waals surface area contributed by atoms with Crippen molar-refractivity contribution in [3.05, 3.63) is 74.8 Å². The molecule has 0 spiro atoms. The summed E-state index contributed by atoms with van der Waals surface area (Å²) in [7, 11) is 1.25. The average Bonchev–Trinajstić information content (AvgIpc) is 3.24. The largest absolute Gasteiger partial charge is 0.490 e. The maximum atomic E-state index is 13.1. The third-order valence-electron chi connectivity index (χ3n) is 4.44. The van der Waals surface area contributed by atoms with E-state index in [1.165, 1.54) is 43.7 Å². The van der Waals surface area contributed by atoms with E-state index in [4.69, 9.17) is 9.47 Å². The summed E-state index contributed by atoms with van der Waals surface area (Å²) in [6.45, 7) is 0.849. The molecule has 0 aliphatic heterocycles. The van der Waals surface area contributed by atoms with Crippen molar-refractivity contribution < 1.29 is 37.2 Å². The van der Waals surface area contributed by atoms with Crippen LogP contribution in [0, 0.1) is 10.1 Å². The van der Waals surface area contributed by atoms with E-state index in [0.29, 0.717) is 0 Å². The number of thiazole rings is 1. The van der Waals surface area contributed by atoms with Gasteiger partial charge < -0.3 is 9.47 Å². The fourth-order valence-electron chi connectivity index (χ4n) is 2.90. The Kier molecular flexibility index (Phi) is 7.15. The molecule has 1 aromatic heterocycles. The first-order chi connectivity index (χ1) is 16.0. The summed E-state index contributed by atoms with van der Waals surface area (Å²) in [5, 5.41) is 12.7. The second-order valence-corrected chi connectivity index (χ2v) is 7.58. The molecule has 0 fully saturated rings. The van der Waals surface area contributed by atoms with Crippen LogP contribution in [0.3, 0.4) is 0 Å². The number of rotatable bonds is 7. The molecule has 1 heterocycles. The number of aromatic nitrogens is 1. The number of nitrogens with zero attached hydrogens (tertiary/aromatic N) is 3. The molecular weight excluding hydrogens is 479 g/mol. The van der Waals surface area contributed by atoms with Gasteiger partial charge in [-0.05, 0) is 30.3 Å². The number of anilines is 2. The highest BCUT2D eigenvalue weighted by Gasteiger charge is 2.31. The Labute approximate surface area is 194 Å². The molecule has 0 bridgehead atoms. The highest BCUT2D eigenvalue weighted by Crippen LogP contribution is 2.35. The van der Waals surface area contributed by atoms with Crippen molar-refractivity contribution in [3.8, 4) is 5.75 Å². The maximum absolute atomic E-state index is 13.1. The lowest BCUT2D eigenvalue weighted by Crippen LogP contribution is -2.23. The van der Waals surface area contributed by atoms with Crippen LogP contribution in [0.1, 0.15) is 28.5 Å². The van der Waals surface area contributed by atoms with Gasteiger partial charge in [0, 0.05) is 18.4 Å². The second-order valence-electron chi connectivity index (χ2n) is 6.74. The van der Waals surface area contributed by atoms with E-state index in [9.17, 15) is 32.9 Å². The number of carbonyl (C=O) groups is 2. The van der Waals surface area contributed by atoms with E-state index >= 15 is 0 Å². The van der Waals surface area contributed by atoms with Gasteiger partial charge in [0.1, 0.15) is 6.61 Å². The molecule has 0 radical (unpaired) electrons. The number of alkyl halides is 3. The zero-order valence-corrected chi connectivity index (χ0v) is 18.5. The molecule has 2 aromatic carbocycles. The Morgan fingerprint density at radius 1 is 1.21 bits per heavy atom. The zero-order chi connectivity index (χ0) is 25.0. The van der Waals surface area contributed by atoms with Crippen molar-refractivity contribution in [1.29, 1.82) is 0 Å². The van der Waals surface area contributed by atoms with Crippen LogP contribution in [0.25, 0.3) is 0 Å². The molecule has 3 aromatic rings. The van der Waals surface area contributed by atoms with E-state index in [1.807, 2.05) is 0 Å². The quantitative estimate of drug-likeness (QED) is 0.254. The maximum Gasteiger partial charge on any atom is 0.416 e. The zero-order valence-electron chi connectivity index (χ0n) is 17.7. The van der Waals surface area contributed by atoms with E-state index < -0.39 is 34.2 Å². The van der Waals surface area contributed by atoms with Gasteiger partial charge in [-0.2, -0.15) is 13.2 Å². The number of methoxy groups -OCH3 is 1. The van der Waals surface area contributed by atoms with Gasteiger partial charge in [-0.15, -0.1) is 11.3 Å². The number of hydrogen-bond acceptors (Lipinski definition) is 8. The summed E-state index contributed by atoms with van der Waals surface area (Å²) < 4.78 is 49.2. The molecule has 0 aliphatic carbocycles. The summed E-state index contributed by atoms with van der Waals surface area (Å²) in [6, 6.07) is 7.81. The molecule has 0 atom stereocenters. The van der Waals surface area contributed by atoms with Crippen molar-refractivity contribution >= 4 is 39.7 Å². The lowest BCUT2D eigenvalue weighted by atomic mass is 10.2. The molecule has 13 heteroatoms. The molecule has 34 heavy (non-hydrogen) atoms. The minimum Gasteiger partial charge on any atom is -0.490 e. The molecule has 9 nitrogen and oxygen atoms in total. The van der Waals surface area contributed by atoms with Crippen LogP contribution >= 0.6 is 11.3 Å². The smallest absolute Gasteiger partial charge is 0.416 e. The Bertz CT molecular complexity index is 1240. The van der Waals surface area contributed by atoms with Gasteiger partial charge in [-0.25, -0.2) is 9.78 Å². The van der Waals surface area contributed by atoms with Crippen LogP contribution in [0.15, 0.2) is 47.8 Å². The van der Waals surface area contributed by atoms with Crippen LogP contribution in [-0.4, -0.2) is 28.9 Å². The molecule has 0 saturated heterocycles. The van der Waals surface area contributed by atoms with Crippen LogP contribution in [0.4, 0.5) is 29.7 Å². The van der Waals surface area contributed by atoms with Gasteiger partial charge in [0.25, 0.3) is 0 Å². The monoisotopic (exact) mass is 495 g/mol. The van der Waals surface area contributed by atoms with Crippen LogP contribution in [-0.2, 0) is 22.3 Å². The topological polar surface area (TPSA) is 112 Å². The summed E-state index contributed by atoms with van der Waals surface area (Å²) >= 11 is 0.969. The lowest BCUT2D eigenvalue weighted by Gasteiger charge is -2.19. The van der Waals surface area contributed by atoms with Crippen LogP contribution < -0.4 is 9.64 Å². The number of amides is 1. The molecule has 3 rings (SSSR count). The van der Waals surface area contributed by atoms with E-state index in [-0.39, 0.29) is 34.4 Å². The van der Waals surface area contributed by atoms with Gasteiger partial charge in [0.2, 0.25) is 5.91 Å². The van der Waals surface area contributed by atoms with Crippen molar-refractivity contribution in [1.82, 2.24) is 4.98 Å². The first-order valence-electron chi connectivity index (χ1n) is 9.43. The van der Waals surface area contributed by atoms with Crippen molar-refractivity contribution in [2.75, 3.05) is 12.0 Å². The van der Waals surface area contributed by atoms with E-state index in [0.717, 1.165) is 34.4 Å². The van der Waals surface area contributed by atoms with Gasteiger partial charge in [-0.3, -0.25) is 19.8 Å². The third-order valence-corrected chi connectivity index (χ3v) is 5.31. The van der Waals surface area contributed by atoms with Gasteiger partial charge in [-0.1, -0.05) is 6.07 Å². The van der Waals surface area contributed by atoms with Gasteiger partial charge in [0.05, 0.1) is 34.5 Å². The minimum atomic E-state index is -4.59. The lowest BCUT2D eigenvalue weighted by molar-refractivity contribution is -0.385. The number of halogens is 3. The molecule has 0 aliphatic rings. The molecule has 0 saturated carbocycles. The number of carbonyl (C=O) groups excluding carboxylic acids is 2. The minimum absolute atomic E-state index is 0.0224. The summed E-state index contributed by atoms with van der Waals surface area (Å²) in [5.41, 5.74) is -1.21. The predicted molar refractivity (Wildman–Crippen MR) is 115 cm³/mol. The SMILES string of the molecule is COc1ccc(C(=O)OCc2csc(N(C(C)=O)c3cccc(C(F)(F)F)c3)n2)cc1[N+](=O)[O-]. The van der Waals surface area contributed by atoms with Crippen molar-refractivity contribution in [3.63, 3.8) is 0 Å². The fourth-order valence-corrected chi connectivity index (χ4v) is 3.77. The number of benzene rings is 2. The van der Waals surface area contributed by atoms with E-state index in [2.05, 4.69) is 4.98 Å². The number of ether oxygens (including phenoxy) is 2. The average molecular weight is 495 g/mol. The number of esters is 1. The Morgan fingerprint density at radius 2 is 1.94 bits per heavy atom. The Hall–Kier alpha value is -4.00. The first-order valence-corrected chi connectivity index (χ1v) is 10.3. The van der Waals surface area contributed by atoms with Gasteiger partial charge >= 0.3 is 17.8 Å². The predicted octanol–water partition coefficient (Wildman–Crippen LogP) is 5.12. The highest BCUT2D eigenvalue weighted by atomic mass is 32.1. The van der Waals surface area contributed by atoms with Crippen molar-refractivity contribution in [2.24, 2.45) is 0 Å². The first kappa shape index (κ1) is 24.6. The summed E-state index contributed by atoms with van der Waals surface area (Å²) in [6.07, 6.45) is -4.59. The standard InChI is InChI=1S/C21H16F3N3O6S/c1-12(28)26(16-5-3-4-14(9-16)21(22,23)24)20-25-15(11-34-20)10-33-19(29)13-6-7-18(32-2)17(8-13)27(30)31/h3-9,11H,10H2,1-2H3. The van der Waals surface area contributed by atoms with Crippen LogP contribution in [0.2, 0.25) is 0 Å². The van der Waals surface area contributed by atoms with Crippen molar-refractivity contribution in [2.45, 2.75) is 19.7 Å².